The van der Waals surface area contributed by atoms with Crippen LogP contribution in [0.1, 0.15) is 0 Å². The Morgan fingerprint density at radius 1 is 1.43 bits per heavy atom. The first kappa shape index (κ1) is 7.52. The number of rotatable bonds is 1. The molecular weight excluding hydrogens is 220 g/mol. The quantitative estimate of drug-likeness (QED) is 0.367. The maximum atomic E-state index is 11.1. The molecule has 0 saturated heterocycles. The third kappa shape index (κ3) is 6.52. The van der Waals surface area contributed by atoms with Gasteiger partial charge in [0.25, 0.3) is 0 Å². The zero-order valence-electron chi connectivity index (χ0n) is 3.72. The zero-order valence-corrected chi connectivity index (χ0v) is 5.88. The standard InChI is InChI=1S/C3H5F3I/c1-7-2-3(4,5)6/h2H2,1H3/q-1. The fourth-order valence-corrected chi connectivity index (χ4v) is 1.02. The summed E-state index contributed by atoms with van der Waals surface area (Å²) in [4.78, 5) is 1.62. The summed E-state index contributed by atoms with van der Waals surface area (Å²) in [7, 11) is 0. The van der Waals surface area contributed by atoms with Crippen molar-refractivity contribution in [3.05, 3.63) is 0 Å². The molecule has 0 aromatic carbocycles. The van der Waals surface area contributed by atoms with Gasteiger partial charge in [-0.1, -0.05) is 0 Å². The van der Waals surface area contributed by atoms with Crippen LogP contribution in [0.4, 0.5) is 13.2 Å². The summed E-state index contributed by atoms with van der Waals surface area (Å²) in [6.45, 7) is 0. The Morgan fingerprint density at radius 3 is 1.86 bits per heavy atom. The van der Waals surface area contributed by atoms with Gasteiger partial charge in [-0.05, 0) is 0 Å². The molecule has 0 aromatic rings. The fraction of sp³-hybridized carbons (Fsp3) is 1.00. The average molecular weight is 225 g/mol. The minimum absolute atomic E-state index is 0.550. The molecule has 0 heterocycles. The van der Waals surface area contributed by atoms with E-state index in [1.165, 1.54) is 0 Å². The van der Waals surface area contributed by atoms with Crippen molar-refractivity contribution in [1.82, 2.24) is 0 Å². The molecule has 0 bridgehead atoms. The van der Waals surface area contributed by atoms with E-state index < -0.39 is 31.8 Å². The Hall–Kier alpha value is 0.520. The molecule has 0 radical (unpaired) electrons. The first-order chi connectivity index (χ1) is 3.06. The summed E-state index contributed by atoms with van der Waals surface area (Å²) in [5, 5.41) is 0. The first-order valence-electron chi connectivity index (χ1n) is 1.57. The van der Waals surface area contributed by atoms with E-state index in [2.05, 4.69) is 0 Å². The second-order valence-corrected chi connectivity index (χ2v) is 3.30. The Kier molecular flexibility index (Phi) is 2.94. The van der Waals surface area contributed by atoms with Crippen molar-refractivity contribution in [2.75, 3.05) is 9.36 Å². The second kappa shape index (κ2) is 2.74. The molecule has 4 heteroatoms. The number of alkyl halides is 5. The van der Waals surface area contributed by atoms with Crippen LogP contribution >= 0.6 is 0 Å². The Bertz CT molecular complexity index is 48.6. The van der Waals surface area contributed by atoms with Gasteiger partial charge >= 0.3 is 49.9 Å². The molecule has 0 aromatic heterocycles. The van der Waals surface area contributed by atoms with E-state index in [9.17, 15) is 13.2 Å². The summed E-state index contributed by atoms with van der Waals surface area (Å²) in [5.74, 6) is 0. The van der Waals surface area contributed by atoms with Crippen LogP contribution in [0.3, 0.4) is 0 Å². The van der Waals surface area contributed by atoms with Crippen LogP contribution in [0.25, 0.3) is 0 Å². The molecule has 0 nitrogen and oxygen atoms in total. The first-order valence-corrected chi connectivity index (χ1v) is 5.25. The summed E-state index contributed by atoms with van der Waals surface area (Å²) in [6, 6.07) is 0. The predicted octanol–water partition coefficient (Wildman–Crippen LogP) is -1.73. The van der Waals surface area contributed by atoms with Crippen molar-refractivity contribution in [1.29, 1.82) is 0 Å². The molecule has 0 spiro atoms. The average Bonchev–Trinajstić information content (AvgIpc) is 1.30. The van der Waals surface area contributed by atoms with Gasteiger partial charge in [-0.15, -0.1) is 0 Å². The van der Waals surface area contributed by atoms with Gasteiger partial charge in [0.2, 0.25) is 0 Å². The van der Waals surface area contributed by atoms with E-state index in [0.717, 1.165) is 0 Å². The van der Waals surface area contributed by atoms with Gasteiger partial charge in [0.15, 0.2) is 0 Å². The maximum absolute atomic E-state index is 11.1. The number of hydrogen-bond donors (Lipinski definition) is 0. The SMILES string of the molecule is C[I-]CC(F)(F)F. The van der Waals surface area contributed by atoms with Crippen LogP contribution in [0.5, 0.6) is 0 Å². The van der Waals surface area contributed by atoms with Gasteiger partial charge in [0.1, 0.15) is 0 Å². The zero-order chi connectivity index (χ0) is 5.91. The van der Waals surface area contributed by atoms with Crippen molar-refractivity contribution >= 4 is 0 Å². The molecule has 7 heavy (non-hydrogen) atoms. The molecule has 0 amide bonds. The van der Waals surface area contributed by atoms with Crippen LogP contribution < -0.4 is 21.2 Å². The molecule has 46 valence electrons. The monoisotopic (exact) mass is 225 g/mol. The molecule has 0 N–H and O–H groups in total. The summed E-state index contributed by atoms with van der Waals surface area (Å²) in [6.07, 6.45) is -3.90. The van der Waals surface area contributed by atoms with E-state index in [-0.39, 0.29) is 0 Å². The fourth-order valence-electron chi connectivity index (χ4n) is 0.152. The van der Waals surface area contributed by atoms with Crippen molar-refractivity contribution in [2.24, 2.45) is 0 Å². The van der Waals surface area contributed by atoms with Crippen LogP contribution in [-0.4, -0.2) is 15.5 Å². The molecule has 0 aliphatic carbocycles. The van der Waals surface area contributed by atoms with Gasteiger partial charge in [0.05, 0.1) is 0 Å². The van der Waals surface area contributed by atoms with E-state index in [1.54, 1.807) is 4.93 Å². The molecule has 0 rings (SSSR count). The van der Waals surface area contributed by atoms with E-state index in [1.807, 2.05) is 0 Å². The van der Waals surface area contributed by atoms with Crippen LogP contribution in [-0.2, 0) is 0 Å². The van der Waals surface area contributed by atoms with Crippen molar-refractivity contribution in [3.8, 4) is 0 Å². The minimum atomic E-state index is -3.90. The van der Waals surface area contributed by atoms with Crippen molar-refractivity contribution in [3.63, 3.8) is 0 Å². The van der Waals surface area contributed by atoms with Gasteiger partial charge in [0, 0.05) is 0 Å². The van der Waals surface area contributed by atoms with E-state index >= 15 is 0 Å². The predicted molar refractivity (Wildman–Crippen MR) is 16.8 cm³/mol. The molecular formula is C3H5F3I-. The van der Waals surface area contributed by atoms with Crippen molar-refractivity contribution in [2.45, 2.75) is 6.18 Å². The summed E-state index contributed by atoms with van der Waals surface area (Å²) >= 11 is -0.607. The number of halogens is 4. The summed E-state index contributed by atoms with van der Waals surface area (Å²) < 4.78 is 32.7. The molecule has 0 fully saturated rings. The van der Waals surface area contributed by atoms with E-state index in [4.69, 9.17) is 0 Å². The Morgan fingerprint density at radius 2 is 1.86 bits per heavy atom. The molecule has 0 atom stereocenters. The van der Waals surface area contributed by atoms with E-state index in [0.29, 0.717) is 0 Å². The molecule has 0 unspecified atom stereocenters. The van der Waals surface area contributed by atoms with Crippen LogP contribution in [0.15, 0.2) is 0 Å². The third-order valence-corrected chi connectivity index (χ3v) is 1.91. The Labute approximate surface area is 50.4 Å². The Balaban J connectivity index is 3.15. The van der Waals surface area contributed by atoms with Crippen LogP contribution in [0.2, 0.25) is 0 Å². The number of hydrogen-bond acceptors (Lipinski definition) is 0. The second-order valence-electron chi connectivity index (χ2n) is 1.02. The molecule has 0 aliphatic rings. The summed E-state index contributed by atoms with van der Waals surface area (Å²) in [5.41, 5.74) is 0. The van der Waals surface area contributed by atoms with Gasteiger partial charge < -0.3 is 0 Å². The normalized spacial score (nSPS) is 12.6. The molecule has 0 saturated carbocycles. The molecule has 0 aliphatic heterocycles. The van der Waals surface area contributed by atoms with Gasteiger partial charge in [-0.2, -0.15) is 0 Å². The van der Waals surface area contributed by atoms with Crippen molar-refractivity contribution < 1.29 is 34.4 Å². The topological polar surface area (TPSA) is 0 Å². The van der Waals surface area contributed by atoms with Gasteiger partial charge in [-0.3, -0.25) is 0 Å². The third-order valence-electron chi connectivity index (χ3n) is 0.285. The van der Waals surface area contributed by atoms with Crippen LogP contribution in [0, 0.1) is 0 Å². The van der Waals surface area contributed by atoms with Gasteiger partial charge in [-0.25, -0.2) is 0 Å².